The van der Waals surface area contributed by atoms with Crippen LogP contribution in [0.5, 0.6) is 0 Å². The molecule has 1 aliphatic rings. The molecular weight excluding hydrogens is 340 g/mol. The van der Waals surface area contributed by atoms with E-state index in [1.807, 2.05) is 0 Å². The minimum absolute atomic E-state index is 0.175. The summed E-state index contributed by atoms with van der Waals surface area (Å²) in [5, 5.41) is 0. The molecule has 1 unspecified atom stereocenters. The minimum Gasteiger partial charge on any atom is -0.344 e. The highest BCUT2D eigenvalue weighted by molar-refractivity contribution is 9.11. The molecule has 100 valence electrons. The van der Waals surface area contributed by atoms with Crippen LogP contribution >= 0.6 is 27.3 Å². The first-order valence-corrected chi connectivity index (χ1v) is 8.44. The van der Waals surface area contributed by atoms with E-state index in [0.29, 0.717) is 17.8 Å². The molecule has 2 heterocycles. The largest absolute Gasteiger partial charge is 0.344 e. The van der Waals surface area contributed by atoms with Crippen molar-refractivity contribution in [2.75, 3.05) is 13.6 Å². The summed E-state index contributed by atoms with van der Waals surface area (Å²) in [5.41, 5.74) is 0. The lowest BCUT2D eigenvalue weighted by molar-refractivity contribution is -0.127. The summed E-state index contributed by atoms with van der Waals surface area (Å²) in [5.74, 6) is -0.175. The average Bonchev–Trinajstić information content (AvgIpc) is 2.75. The zero-order valence-electron chi connectivity index (χ0n) is 9.94. The number of nitrogens with one attached hydrogen (secondary N) is 1. The standard InChI is InChI=1S/C10H13BrN2O3S2/c1-6-8(5-9(11)17-6)18(15,16)12-7-3-4-13(2)10(7)14/h5,7,12H,3-4H2,1-2H3. The van der Waals surface area contributed by atoms with Crippen LogP contribution in [-0.4, -0.2) is 38.9 Å². The van der Waals surface area contributed by atoms with Crippen LogP contribution in [0.4, 0.5) is 0 Å². The number of halogens is 1. The third-order valence-electron chi connectivity index (χ3n) is 2.86. The second kappa shape index (κ2) is 4.92. The van der Waals surface area contributed by atoms with Gasteiger partial charge in [0.05, 0.1) is 8.68 Å². The Morgan fingerprint density at radius 2 is 2.22 bits per heavy atom. The molecule has 1 aromatic heterocycles. The molecule has 0 aromatic carbocycles. The number of hydrogen-bond acceptors (Lipinski definition) is 4. The van der Waals surface area contributed by atoms with Crippen LogP contribution in [0.15, 0.2) is 14.7 Å². The van der Waals surface area contributed by atoms with Crippen molar-refractivity contribution >= 4 is 43.2 Å². The van der Waals surface area contributed by atoms with Gasteiger partial charge in [-0.05, 0) is 35.3 Å². The molecule has 1 aliphatic heterocycles. The van der Waals surface area contributed by atoms with Crippen LogP contribution in [0.3, 0.4) is 0 Å². The van der Waals surface area contributed by atoms with Gasteiger partial charge in [0.1, 0.15) is 6.04 Å². The van der Waals surface area contributed by atoms with Gasteiger partial charge in [0.15, 0.2) is 0 Å². The number of thiophene rings is 1. The number of rotatable bonds is 3. The number of amides is 1. The van der Waals surface area contributed by atoms with E-state index in [4.69, 9.17) is 0 Å². The molecule has 0 spiro atoms. The average molecular weight is 353 g/mol. The van der Waals surface area contributed by atoms with E-state index in [1.165, 1.54) is 16.2 Å². The fourth-order valence-electron chi connectivity index (χ4n) is 1.88. The third kappa shape index (κ3) is 2.61. The van der Waals surface area contributed by atoms with Gasteiger partial charge in [-0.15, -0.1) is 11.3 Å². The Morgan fingerprint density at radius 3 is 2.67 bits per heavy atom. The van der Waals surface area contributed by atoms with Crippen molar-refractivity contribution in [3.05, 3.63) is 14.7 Å². The normalized spacial score (nSPS) is 20.7. The van der Waals surface area contributed by atoms with Gasteiger partial charge in [-0.3, -0.25) is 4.79 Å². The second-order valence-corrected chi connectivity index (χ2v) is 8.51. The van der Waals surface area contributed by atoms with Gasteiger partial charge in [-0.1, -0.05) is 0 Å². The zero-order chi connectivity index (χ0) is 13.5. The molecule has 8 heteroatoms. The number of carbonyl (C=O) groups is 1. The van der Waals surface area contributed by atoms with Gasteiger partial charge < -0.3 is 4.90 Å². The van der Waals surface area contributed by atoms with E-state index in [0.717, 1.165) is 3.79 Å². The van der Waals surface area contributed by atoms with Gasteiger partial charge in [0.25, 0.3) is 0 Å². The summed E-state index contributed by atoms with van der Waals surface area (Å²) in [4.78, 5) is 14.2. The van der Waals surface area contributed by atoms with E-state index in [2.05, 4.69) is 20.7 Å². The zero-order valence-corrected chi connectivity index (χ0v) is 13.2. The summed E-state index contributed by atoms with van der Waals surface area (Å²) in [6.45, 7) is 2.32. The Morgan fingerprint density at radius 1 is 1.56 bits per heavy atom. The smallest absolute Gasteiger partial charge is 0.242 e. The second-order valence-electron chi connectivity index (χ2n) is 4.19. The van der Waals surface area contributed by atoms with Gasteiger partial charge in [-0.2, -0.15) is 4.72 Å². The van der Waals surface area contributed by atoms with Crippen LogP contribution < -0.4 is 4.72 Å². The number of aryl methyl sites for hydroxylation is 1. The van der Waals surface area contributed by atoms with Crippen LogP contribution in [-0.2, 0) is 14.8 Å². The van der Waals surface area contributed by atoms with Crippen LogP contribution in [0, 0.1) is 6.92 Å². The van der Waals surface area contributed by atoms with Crippen LogP contribution in [0.1, 0.15) is 11.3 Å². The van der Waals surface area contributed by atoms with Gasteiger partial charge >= 0.3 is 0 Å². The van der Waals surface area contributed by atoms with E-state index in [-0.39, 0.29) is 10.8 Å². The van der Waals surface area contributed by atoms with Crippen molar-refractivity contribution in [3.63, 3.8) is 0 Å². The molecule has 0 aliphatic carbocycles. The first kappa shape index (κ1) is 14.0. The predicted octanol–water partition coefficient (Wildman–Crippen LogP) is 1.33. The number of likely N-dealkylation sites (tertiary alicyclic amines) is 1. The summed E-state index contributed by atoms with van der Waals surface area (Å²) in [6.07, 6.45) is 0.513. The van der Waals surface area contributed by atoms with Crippen molar-refractivity contribution < 1.29 is 13.2 Å². The highest BCUT2D eigenvalue weighted by atomic mass is 79.9. The Bertz CT molecular complexity index is 582. The monoisotopic (exact) mass is 352 g/mol. The molecule has 18 heavy (non-hydrogen) atoms. The fraction of sp³-hybridized carbons (Fsp3) is 0.500. The predicted molar refractivity (Wildman–Crippen MR) is 73.1 cm³/mol. The first-order chi connectivity index (χ1) is 8.31. The maximum atomic E-state index is 12.2. The number of likely N-dealkylation sites (N-methyl/N-ethyl adjacent to an activating group) is 1. The Balaban J connectivity index is 2.23. The molecule has 0 bridgehead atoms. The fourth-order valence-corrected chi connectivity index (χ4v) is 5.52. The SMILES string of the molecule is Cc1sc(Br)cc1S(=O)(=O)NC1CCN(C)C1=O. The summed E-state index contributed by atoms with van der Waals surface area (Å²) in [6, 6.07) is 0.920. The molecule has 1 aromatic rings. The Kier molecular flexibility index (Phi) is 3.82. The molecule has 1 atom stereocenters. The van der Waals surface area contributed by atoms with Crippen molar-refractivity contribution in [1.82, 2.24) is 9.62 Å². The summed E-state index contributed by atoms with van der Waals surface area (Å²) < 4.78 is 27.6. The lowest BCUT2D eigenvalue weighted by Crippen LogP contribution is -2.40. The first-order valence-electron chi connectivity index (χ1n) is 5.34. The molecule has 1 fully saturated rings. The number of nitrogens with zero attached hydrogens (tertiary/aromatic N) is 1. The third-order valence-corrected chi connectivity index (χ3v) is 6.14. The highest BCUT2D eigenvalue weighted by Gasteiger charge is 2.33. The van der Waals surface area contributed by atoms with Crippen molar-refractivity contribution in [1.29, 1.82) is 0 Å². The lowest BCUT2D eigenvalue weighted by Gasteiger charge is -2.12. The van der Waals surface area contributed by atoms with Crippen molar-refractivity contribution in [2.45, 2.75) is 24.3 Å². The number of sulfonamides is 1. The number of carbonyl (C=O) groups excluding carboxylic acids is 1. The molecule has 1 N–H and O–H groups in total. The molecule has 2 rings (SSSR count). The molecular formula is C10H13BrN2O3S2. The molecule has 5 nitrogen and oxygen atoms in total. The van der Waals surface area contributed by atoms with Crippen LogP contribution in [0.25, 0.3) is 0 Å². The highest BCUT2D eigenvalue weighted by Crippen LogP contribution is 2.30. The molecule has 0 radical (unpaired) electrons. The molecule has 1 saturated heterocycles. The minimum atomic E-state index is -3.63. The summed E-state index contributed by atoms with van der Waals surface area (Å²) in [7, 11) is -1.96. The van der Waals surface area contributed by atoms with E-state index in [1.54, 1.807) is 20.0 Å². The topological polar surface area (TPSA) is 66.5 Å². The quantitative estimate of drug-likeness (QED) is 0.892. The molecule has 0 saturated carbocycles. The Labute approximate surface area is 118 Å². The van der Waals surface area contributed by atoms with Crippen molar-refractivity contribution in [3.8, 4) is 0 Å². The maximum Gasteiger partial charge on any atom is 0.242 e. The van der Waals surface area contributed by atoms with E-state index >= 15 is 0 Å². The number of hydrogen-bond donors (Lipinski definition) is 1. The van der Waals surface area contributed by atoms with Crippen molar-refractivity contribution in [2.24, 2.45) is 0 Å². The van der Waals surface area contributed by atoms with Gasteiger partial charge in [0, 0.05) is 18.5 Å². The van der Waals surface area contributed by atoms with Crippen LogP contribution in [0.2, 0.25) is 0 Å². The van der Waals surface area contributed by atoms with Gasteiger partial charge in [-0.25, -0.2) is 8.42 Å². The van der Waals surface area contributed by atoms with E-state index in [9.17, 15) is 13.2 Å². The van der Waals surface area contributed by atoms with Gasteiger partial charge in [0.2, 0.25) is 15.9 Å². The lowest BCUT2D eigenvalue weighted by atomic mass is 10.3. The Hall–Kier alpha value is -0.440. The van der Waals surface area contributed by atoms with E-state index < -0.39 is 16.1 Å². The summed E-state index contributed by atoms with van der Waals surface area (Å²) >= 11 is 4.62. The molecule has 1 amide bonds. The maximum absolute atomic E-state index is 12.2.